The molecular formula is C14H23N3. The minimum absolute atomic E-state index is 0.0770. The molecule has 1 aliphatic heterocycles. The summed E-state index contributed by atoms with van der Waals surface area (Å²) in [7, 11) is 0. The van der Waals surface area contributed by atoms with Gasteiger partial charge in [-0.2, -0.15) is 0 Å². The van der Waals surface area contributed by atoms with Crippen LogP contribution >= 0.6 is 0 Å². The highest BCUT2D eigenvalue weighted by molar-refractivity contribution is 5.44. The molecule has 1 aromatic heterocycles. The van der Waals surface area contributed by atoms with E-state index in [9.17, 15) is 0 Å². The molecule has 0 aliphatic carbocycles. The average Bonchev–Trinajstić information content (AvgIpc) is 2.67. The van der Waals surface area contributed by atoms with E-state index in [1.54, 1.807) is 0 Å². The molecular weight excluding hydrogens is 210 g/mol. The molecule has 0 bridgehead atoms. The Hall–Kier alpha value is -1.09. The molecule has 94 valence electrons. The molecule has 3 heteroatoms. The second-order valence-corrected chi connectivity index (χ2v) is 4.86. The third kappa shape index (κ3) is 3.19. The lowest BCUT2D eigenvalue weighted by Crippen LogP contribution is -2.24. The maximum Gasteiger partial charge on any atom is 0.0572 e. The molecule has 1 aromatic rings. The highest BCUT2D eigenvalue weighted by Gasteiger charge is 2.11. The molecule has 2 N–H and O–H groups in total. The minimum atomic E-state index is 0.0770. The number of hydrogen-bond donors (Lipinski definition) is 1. The van der Waals surface area contributed by atoms with Gasteiger partial charge >= 0.3 is 0 Å². The van der Waals surface area contributed by atoms with Crippen molar-refractivity contribution in [3.8, 4) is 0 Å². The molecule has 2 heterocycles. The largest absolute Gasteiger partial charge is 0.370 e. The van der Waals surface area contributed by atoms with Crippen molar-refractivity contribution in [1.29, 1.82) is 0 Å². The summed E-state index contributed by atoms with van der Waals surface area (Å²) in [5, 5.41) is 0. The first-order valence-corrected chi connectivity index (χ1v) is 6.77. The zero-order valence-corrected chi connectivity index (χ0v) is 10.7. The van der Waals surface area contributed by atoms with Crippen molar-refractivity contribution in [2.24, 2.45) is 5.73 Å². The first-order chi connectivity index (χ1) is 8.31. The summed E-state index contributed by atoms with van der Waals surface area (Å²) in [5.74, 6) is 0. The first-order valence-electron chi connectivity index (χ1n) is 6.77. The molecule has 17 heavy (non-hydrogen) atoms. The van der Waals surface area contributed by atoms with E-state index in [2.05, 4.69) is 28.9 Å². The van der Waals surface area contributed by atoms with Crippen LogP contribution in [0.2, 0.25) is 0 Å². The van der Waals surface area contributed by atoms with Gasteiger partial charge in [0.15, 0.2) is 0 Å². The number of hydrogen-bond acceptors (Lipinski definition) is 3. The fraction of sp³-hybridized carbons (Fsp3) is 0.643. The second-order valence-electron chi connectivity index (χ2n) is 4.86. The summed E-state index contributed by atoms with van der Waals surface area (Å²) in [5.41, 5.74) is 8.23. The van der Waals surface area contributed by atoms with Gasteiger partial charge in [0.05, 0.1) is 17.6 Å². The van der Waals surface area contributed by atoms with Crippen LogP contribution in [0.25, 0.3) is 0 Å². The van der Waals surface area contributed by atoms with E-state index < -0.39 is 0 Å². The van der Waals surface area contributed by atoms with Crippen LogP contribution in [-0.2, 0) is 0 Å². The van der Waals surface area contributed by atoms with E-state index in [0.29, 0.717) is 0 Å². The maximum absolute atomic E-state index is 5.97. The molecule has 1 saturated heterocycles. The van der Waals surface area contributed by atoms with Crippen molar-refractivity contribution in [2.75, 3.05) is 18.0 Å². The summed E-state index contributed by atoms with van der Waals surface area (Å²) in [4.78, 5) is 6.93. The molecule has 1 fully saturated rings. The van der Waals surface area contributed by atoms with E-state index in [4.69, 9.17) is 5.73 Å². The van der Waals surface area contributed by atoms with Crippen LogP contribution in [0.15, 0.2) is 18.3 Å². The summed E-state index contributed by atoms with van der Waals surface area (Å²) in [6, 6.07) is 4.32. The van der Waals surface area contributed by atoms with E-state index in [1.165, 1.54) is 44.5 Å². The molecule has 1 atom stereocenters. The molecule has 0 unspecified atom stereocenters. The van der Waals surface area contributed by atoms with Crippen LogP contribution in [0.4, 0.5) is 5.69 Å². The van der Waals surface area contributed by atoms with E-state index in [0.717, 1.165) is 12.1 Å². The van der Waals surface area contributed by atoms with Gasteiger partial charge in [-0.05, 0) is 31.4 Å². The Kier molecular flexibility index (Phi) is 4.37. The molecule has 0 saturated carbocycles. The molecule has 3 nitrogen and oxygen atoms in total. The molecule has 0 amide bonds. The minimum Gasteiger partial charge on any atom is -0.370 e. The Labute approximate surface area is 104 Å². The van der Waals surface area contributed by atoms with Crippen LogP contribution in [0.1, 0.15) is 50.8 Å². The highest BCUT2D eigenvalue weighted by atomic mass is 15.1. The Balaban J connectivity index is 2.05. The summed E-state index contributed by atoms with van der Waals surface area (Å²) < 4.78 is 0. The van der Waals surface area contributed by atoms with Gasteiger partial charge in [-0.3, -0.25) is 4.98 Å². The number of pyridine rings is 1. The Morgan fingerprint density at radius 1 is 1.24 bits per heavy atom. The van der Waals surface area contributed by atoms with Crippen LogP contribution in [0.3, 0.4) is 0 Å². The lowest BCUT2D eigenvalue weighted by Gasteiger charge is -2.22. The highest BCUT2D eigenvalue weighted by Crippen LogP contribution is 2.20. The van der Waals surface area contributed by atoms with Crippen molar-refractivity contribution in [3.63, 3.8) is 0 Å². The van der Waals surface area contributed by atoms with Crippen molar-refractivity contribution >= 4 is 5.69 Å². The average molecular weight is 233 g/mol. The number of nitrogens with zero attached hydrogens (tertiary/aromatic N) is 2. The molecule has 0 radical (unpaired) electrons. The smallest absolute Gasteiger partial charge is 0.0572 e. The van der Waals surface area contributed by atoms with Crippen molar-refractivity contribution in [1.82, 2.24) is 4.98 Å². The van der Waals surface area contributed by atoms with Crippen LogP contribution in [0.5, 0.6) is 0 Å². The summed E-state index contributed by atoms with van der Waals surface area (Å²) in [6.07, 6.45) is 8.25. The Morgan fingerprint density at radius 3 is 2.47 bits per heavy atom. The predicted molar refractivity (Wildman–Crippen MR) is 72.1 cm³/mol. The molecule has 0 aromatic carbocycles. The number of rotatable bonds is 3. The van der Waals surface area contributed by atoms with Gasteiger partial charge in [0.2, 0.25) is 0 Å². The first kappa shape index (κ1) is 12.4. The Bertz CT molecular complexity index is 326. The zero-order chi connectivity index (χ0) is 12.1. The Morgan fingerprint density at radius 2 is 1.94 bits per heavy atom. The van der Waals surface area contributed by atoms with Crippen LogP contribution in [0, 0.1) is 0 Å². The van der Waals surface area contributed by atoms with Gasteiger partial charge in [0.1, 0.15) is 0 Å². The van der Waals surface area contributed by atoms with Crippen LogP contribution < -0.4 is 10.6 Å². The van der Waals surface area contributed by atoms with Gasteiger partial charge in [-0.15, -0.1) is 0 Å². The predicted octanol–water partition coefficient (Wildman–Crippen LogP) is 2.87. The normalized spacial score (nSPS) is 18.8. The van der Waals surface area contributed by atoms with E-state index in [-0.39, 0.29) is 6.04 Å². The quantitative estimate of drug-likeness (QED) is 0.873. The summed E-state index contributed by atoms with van der Waals surface area (Å²) in [6.45, 7) is 4.43. The SMILES string of the molecule is CC[C@H](N)c1ccc(N2CCCCCC2)cn1. The van der Waals surface area contributed by atoms with Gasteiger partial charge in [0, 0.05) is 19.1 Å². The molecule has 0 spiro atoms. The standard InChI is InChI=1S/C14H23N3/c1-2-13(15)14-8-7-12(11-16-14)17-9-5-3-4-6-10-17/h7-8,11,13H,2-6,9-10,15H2,1H3/t13-/m0/s1. The fourth-order valence-electron chi connectivity index (χ4n) is 2.34. The zero-order valence-electron chi connectivity index (χ0n) is 10.7. The second kappa shape index (κ2) is 6.01. The third-order valence-corrected chi connectivity index (χ3v) is 3.56. The fourth-order valence-corrected chi connectivity index (χ4v) is 2.34. The summed E-state index contributed by atoms with van der Waals surface area (Å²) >= 11 is 0. The van der Waals surface area contributed by atoms with Gasteiger partial charge in [0.25, 0.3) is 0 Å². The lowest BCUT2D eigenvalue weighted by atomic mass is 10.1. The topological polar surface area (TPSA) is 42.1 Å². The lowest BCUT2D eigenvalue weighted by molar-refractivity contribution is 0.674. The van der Waals surface area contributed by atoms with Crippen molar-refractivity contribution in [2.45, 2.75) is 45.1 Å². The van der Waals surface area contributed by atoms with E-state index >= 15 is 0 Å². The van der Waals surface area contributed by atoms with E-state index in [1.807, 2.05) is 6.20 Å². The molecule has 2 rings (SSSR count). The number of nitrogens with two attached hydrogens (primary N) is 1. The van der Waals surface area contributed by atoms with Crippen molar-refractivity contribution in [3.05, 3.63) is 24.0 Å². The van der Waals surface area contributed by atoms with Gasteiger partial charge in [-0.25, -0.2) is 0 Å². The van der Waals surface area contributed by atoms with Crippen molar-refractivity contribution < 1.29 is 0 Å². The third-order valence-electron chi connectivity index (χ3n) is 3.56. The molecule has 1 aliphatic rings. The number of aromatic nitrogens is 1. The maximum atomic E-state index is 5.97. The van der Waals surface area contributed by atoms with Crippen LogP contribution in [-0.4, -0.2) is 18.1 Å². The monoisotopic (exact) mass is 233 g/mol. The van der Waals surface area contributed by atoms with Gasteiger partial charge in [-0.1, -0.05) is 19.8 Å². The van der Waals surface area contributed by atoms with Gasteiger partial charge < -0.3 is 10.6 Å². The number of anilines is 1.